The van der Waals surface area contributed by atoms with E-state index >= 15 is 0 Å². The first-order chi connectivity index (χ1) is 6.20. The Morgan fingerprint density at radius 1 is 1.46 bits per heavy atom. The predicted molar refractivity (Wildman–Crippen MR) is 50.0 cm³/mol. The third-order valence-corrected chi connectivity index (χ3v) is 3.01. The fourth-order valence-electron chi connectivity index (χ4n) is 1.25. The second-order valence-corrected chi connectivity index (χ2v) is 4.23. The Morgan fingerprint density at radius 2 is 2.23 bits per heavy atom. The van der Waals surface area contributed by atoms with E-state index < -0.39 is 11.5 Å². The molecule has 1 unspecified atom stereocenters. The molecule has 0 saturated carbocycles. The second kappa shape index (κ2) is 5.37. The minimum Gasteiger partial charge on any atom is -0.281 e. The summed E-state index contributed by atoms with van der Waals surface area (Å²) in [5, 5.41) is -1.04. The molecule has 0 amide bonds. The molecule has 0 aromatic heterocycles. The Labute approximate surface area is 80.6 Å². The van der Waals surface area contributed by atoms with Gasteiger partial charge in [-0.05, 0) is 19.3 Å². The molecule has 13 heavy (non-hydrogen) atoms. The maximum absolute atomic E-state index is 11.9. The van der Waals surface area contributed by atoms with E-state index in [1.54, 1.807) is 0 Å². The lowest BCUT2D eigenvalue weighted by Crippen LogP contribution is -2.10. The Bertz CT molecular complexity index is 204. The summed E-state index contributed by atoms with van der Waals surface area (Å²) in [6.07, 6.45) is 4.96. The number of halogens is 2. The Balaban J connectivity index is 2.38. The van der Waals surface area contributed by atoms with Crippen molar-refractivity contribution in [1.82, 2.24) is 0 Å². The van der Waals surface area contributed by atoms with Gasteiger partial charge in [0.15, 0.2) is 0 Å². The van der Waals surface area contributed by atoms with Gasteiger partial charge >= 0.3 is 6.43 Å². The molecule has 0 radical (unpaired) electrons. The Morgan fingerprint density at radius 3 is 2.92 bits per heavy atom. The zero-order valence-corrected chi connectivity index (χ0v) is 8.03. The van der Waals surface area contributed by atoms with Gasteiger partial charge in [-0.3, -0.25) is 4.79 Å². The molecule has 1 rings (SSSR count). The number of alkyl halides is 2. The third-order valence-electron chi connectivity index (χ3n) is 1.91. The minimum absolute atomic E-state index is 0.0380. The van der Waals surface area contributed by atoms with Gasteiger partial charge in [0.05, 0.1) is 0 Å². The van der Waals surface area contributed by atoms with E-state index in [0.29, 0.717) is 0 Å². The summed E-state index contributed by atoms with van der Waals surface area (Å²) < 4.78 is 23.8. The Kier molecular flexibility index (Phi) is 4.42. The van der Waals surface area contributed by atoms with Gasteiger partial charge in [0.2, 0.25) is 0 Å². The summed E-state index contributed by atoms with van der Waals surface area (Å²) in [6.45, 7) is 0. The molecule has 0 saturated heterocycles. The van der Waals surface area contributed by atoms with Gasteiger partial charge < -0.3 is 0 Å². The molecule has 0 N–H and O–H groups in total. The van der Waals surface area contributed by atoms with Crippen molar-refractivity contribution in [2.45, 2.75) is 37.4 Å². The molecule has 74 valence electrons. The quantitative estimate of drug-likeness (QED) is 0.646. The molecule has 0 aromatic carbocycles. The van der Waals surface area contributed by atoms with E-state index in [0.717, 1.165) is 37.4 Å². The summed E-state index contributed by atoms with van der Waals surface area (Å²) in [6, 6.07) is 0. The van der Waals surface area contributed by atoms with E-state index in [1.165, 1.54) is 0 Å². The van der Waals surface area contributed by atoms with Crippen molar-refractivity contribution in [3.63, 3.8) is 0 Å². The van der Waals surface area contributed by atoms with Crippen LogP contribution in [0.4, 0.5) is 8.78 Å². The first kappa shape index (κ1) is 10.7. The maximum Gasteiger partial charge on any atom is 0.306 e. The normalized spacial score (nSPS) is 23.2. The van der Waals surface area contributed by atoms with Crippen molar-refractivity contribution in [2.24, 2.45) is 0 Å². The van der Waals surface area contributed by atoms with Gasteiger partial charge in [-0.25, -0.2) is 8.78 Å². The monoisotopic (exact) mass is 206 g/mol. The molecule has 0 spiro atoms. The minimum atomic E-state index is -2.83. The SMILES string of the molecule is O=C(SC1C=CCCCC1)C(F)F. The lowest BCUT2D eigenvalue weighted by molar-refractivity contribution is -0.120. The number of allylic oxidation sites excluding steroid dienone is 1. The van der Waals surface area contributed by atoms with Crippen molar-refractivity contribution in [3.05, 3.63) is 12.2 Å². The van der Waals surface area contributed by atoms with Crippen LogP contribution in [-0.2, 0) is 4.79 Å². The van der Waals surface area contributed by atoms with Crippen molar-refractivity contribution >= 4 is 16.9 Å². The van der Waals surface area contributed by atoms with Gasteiger partial charge in [-0.1, -0.05) is 30.3 Å². The number of carbonyl (C=O) groups excluding carboxylic acids is 1. The van der Waals surface area contributed by atoms with E-state index in [2.05, 4.69) is 0 Å². The summed E-state index contributed by atoms with van der Waals surface area (Å²) in [5.41, 5.74) is 0. The standard InChI is InChI=1S/C9H12F2OS/c10-8(11)9(12)13-7-5-3-1-2-4-6-7/h3,5,7-8H,1-2,4,6H2. The fourth-order valence-corrected chi connectivity index (χ4v) is 2.13. The summed E-state index contributed by atoms with van der Waals surface area (Å²) in [5.74, 6) is 0. The summed E-state index contributed by atoms with van der Waals surface area (Å²) in [7, 11) is 0. The predicted octanol–water partition coefficient (Wildman–Crippen LogP) is 3.01. The number of hydrogen-bond donors (Lipinski definition) is 0. The average molecular weight is 206 g/mol. The van der Waals surface area contributed by atoms with Crippen molar-refractivity contribution < 1.29 is 13.6 Å². The van der Waals surface area contributed by atoms with E-state index in [4.69, 9.17) is 0 Å². The highest BCUT2D eigenvalue weighted by molar-refractivity contribution is 8.14. The van der Waals surface area contributed by atoms with E-state index in [1.807, 2.05) is 12.2 Å². The van der Waals surface area contributed by atoms with E-state index in [9.17, 15) is 13.6 Å². The highest BCUT2D eigenvalue weighted by atomic mass is 32.2. The number of carbonyl (C=O) groups is 1. The lowest BCUT2D eigenvalue weighted by Gasteiger charge is -2.08. The van der Waals surface area contributed by atoms with Crippen LogP contribution in [0.5, 0.6) is 0 Å². The first-order valence-electron chi connectivity index (χ1n) is 4.35. The van der Waals surface area contributed by atoms with Crippen LogP contribution in [0.2, 0.25) is 0 Å². The molecule has 4 heteroatoms. The summed E-state index contributed by atoms with van der Waals surface area (Å²) >= 11 is 0.766. The van der Waals surface area contributed by atoms with Gasteiger partial charge in [0, 0.05) is 5.25 Å². The molecular formula is C9H12F2OS. The van der Waals surface area contributed by atoms with Crippen LogP contribution in [0.3, 0.4) is 0 Å². The van der Waals surface area contributed by atoms with Crippen molar-refractivity contribution in [3.8, 4) is 0 Å². The van der Waals surface area contributed by atoms with Gasteiger partial charge in [0.25, 0.3) is 5.12 Å². The van der Waals surface area contributed by atoms with Crippen LogP contribution < -0.4 is 0 Å². The van der Waals surface area contributed by atoms with Crippen LogP contribution >= 0.6 is 11.8 Å². The smallest absolute Gasteiger partial charge is 0.281 e. The molecule has 0 aromatic rings. The van der Waals surface area contributed by atoms with Crippen LogP contribution in [0, 0.1) is 0 Å². The largest absolute Gasteiger partial charge is 0.306 e. The zero-order valence-electron chi connectivity index (χ0n) is 7.21. The highest BCUT2D eigenvalue weighted by Crippen LogP contribution is 2.25. The first-order valence-corrected chi connectivity index (χ1v) is 5.23. The zero-order chi connectivity index (χ0) is 9.68. The summed E-state index contributed by atoms with van der Waals surface area (Å²) in [4.78, 5) is 10.7. The van der Waals surface area contributed by atoms with Crippen LogP contribution in [0.15, 0.2) is 12.2 Å². The number of thioether (sulfide) groups is 1. The Hall–Kier alpha value is -0.380. The molecule has 1 aliphatic rings. The highest BCUT2D eigenvalue weighted by Gasteiger charge is 2.20. The third kappa shape index (κ3) is 3.89. The lowest BCUT2D eigenvalue weighted by atomic mass is 10.2. The molecule has 1 nitrogen and oxygen atoms in total. The number of hydrogen-bond acceptors (Lipinski definition) is 2. The topological polar surface area (TPSA) is 17.1 Å². The molecule has 1 aliphatic carbocycles. The molecular weight excluding hydrogens is 194 g/mol. The average Bonchev–Trinajstić information content (AvgIpc) is 2.32. The van der Waals surface area contributed by atoms with Crippen LogP contribution in [-0.4, -0.2) is 16.8 Å². The molecule has 0 aliphatic heterocycles. The second-order valence-electron chi connectivity index (χ2n) is 2.99. The van der Waals surface area contributed by atoms with Crippen LogP contribution in [0.25, 0.3) is 0 Å². The molecule has 1 atom stereocenters. The molecule has 0 bridgehead atoms. The van der Waals surface area contributed by atoms with Crippen LogP contribution in [0.1, 0.15) is 25.7 Å². The van der Waals surface area contributed by atoms with Crippen molar-refractivity contribution in [1.29, 1.82) is 0 Å². The van der Waals surface area contributed by atoms with Gasteiger partial charge in [-0.15, -0.1) is 0 Å². The maximum atomic E-state index is 11.9. The van der Waals surface area contributed by atoms with E-state index in [-0.39, 0.29) is 5.25 Å². The molecule has 0 fully saturated rings. The van der Waals surface area contributed by atoms with Crippen molar-refractivity contribution in [2.75, 3.05) is 0 Å². The molecule has 0 heterocycles. The number of rotatable bonds is 2. The van der Waals surface area contributed by atoms with Gasteiger partial charge in [0.1, 0.15) is 0 Å². The fraction of sp³-hybridized carbons (Fsp3) is 0.667. The van der Waals surface area contributed by atoms with Gasteiger partial charge in [-0.2, -0.15) is 0 Å².